The lowest BCUT2D eigenvalue weighted by atomic mass is 10.1. The fraction of sp³-hybridized carbons (Fsp3) is 0.571. The van der Waals surface area contributed by atoms with Crippen molar-refractivity contribution >= 4 is 23.7 Å². The minimum atomic E-state index is -1.33. The molecule has 1 aromatic heterocycles. The molecule has 0 unspecified atom stereocenters. The molecule has 10 heteroatoms. The van der Waals surface area contributed by atoms with Crippen LogP contribution in [0.2, 0.25) is 0 Å². The molecule has 7 nitrogen and oxygen atoms in total. The van der Waals surface area contributed by atoms with Crippen LogP contribution in [0.5, 0.6) is 0 Å². The van der Waals surface area contributed by atoms with E-state index in [0.29, 0.717) is 19.8 Å². The molecule has 2 heterocycles. The zero-order chi connectivity index (χ0) is 21.5. The number of nitrogens with zero attached hydrogens (tertiary/aromatic N) is 2. The standard InChI is InChI=1S/C21H29FN2O5S.ClH/c22-15-6-4-14(5-7-15)16-13-30-19(23-16)12-29-9-3-1-2-8-24-10-17(25)20(27)21(28)18(26)11-24;/h4-7,13,17-18,20-21,25-28H,1-3,8-12H2;1H/t17-,18-,20+,21+;/m0./s1. The summed E-state index contributed by atoms with van der Waals surface area (Å²) in [5.74, 6) is -0.268. The van der Waals surface area contributed by atoms with Gasteiger partial charge < -0.3 is 25.2 Å². The van der Waals surface area contributed by atoms with E-state index in [0.717, 1.165) is 35.5 Å². The molecule has 1 saturated heterocycles. The molecule has 1 aromatic carbocycles. The smallest absolute Gasteiger partial charge is 0.123 e. The Hall–Kier alpha value is -1.17. The zero-order valence-corrected chi connectivity index (χ0v) is 18.8. The Kier molecular flexibility index (Phi) is 10.7. The molecule has 1 aliphatic heterocycles. The Balaban J connectivity index is 0.00000341. The number of rotatable bonds is 9. The first-order valence-corrected chi connectivity index (χ1v) is 11.0. The van der Waals surface area contributed by atoms with Gasteiger partial charge in [0.2, 0.25) is 0 Å². The van der Waals surface area contributed by atoms with Crippen molar-refractivity contribution < 1.29 is 29.6 Å². The molecule has 3 rings (SSSR count). The van der Waals surface area contributed by atoms with Crippen molar-refractivity contribution in [2.24, 2.45) is 0 Å². The number of aliphatic hydroxyl groups excluding tert-OH is 4. The van der Waals surface area contributed by atoms with E-state index in [4.69, 9.17) is 4.74 Å². The molecule has 0 saturated carbocycles. The van der Waals surface area contributed by atoms with Crippen LogP contribution < -0.4 is 0 Å². The number of aromatic nitrogens is 1. The fourth-order valence-corrected chi connectivity index (χ4v) is 4.20. The van der Waals surface area contributed by atoms with Gasteiger partial charge in [-0.15, -0.1) is 23.7 Å². The molecule has 0 spiro atoms. The molecule has 174 valence electrons. The summed E-state index contributed by atoms with van der Waals surface area (Å²) >= 11 is 1.51. The van der Waals surface area contributed by atoms with Crippen LogP contribution in [0.3, 0.4) is 0 Å². The number of likely N-dealkylation sites (tertiary alicyclic amines) is 1. The Morgan fingerprint density at radius 1 is 1.00 bits per heavy atom. The van der Waals surface area contributed by atoms with Gasteiger partial charge in [0.15, 0.2) is 0 Å². The number of hydrogen-bond donors (Lipinski definition) is 4. The maximum atomic E-state index is 13.0. The van der Waals surface area contributed by atoms with Gasteiger partial charge >= 0.3 is 0 Å². The first kappa shape index (κ1) is 26.1. The lowest BCUT2D eigenvalue weighted by molar-refractivity contribution is -0.0894. The van der Waals surface area contributed by atoms with Crippen LogP contribution in [0.25, 0.3) is 11.3 Å². The third-order valence-corrected chi connectivity index (χ3v) is 6.03. The topological polar surface area (TPSA) is 106 Å². The predicted molar refractivity (Wildman–Crippen MR) is 119 cm³/mol. The van der Waals surface area contributed by atoms with Crippen molar-refractivity contribution in [2.75, 3.05) is 26.2 Å². The van der Waals surface area contributed by atoms with Crippen molar-refractivity contribution in [3.05, 3.63) is 40.5 Å². The molecule has 4 atom stereocenters. The van der Waals surface area contributed by atoms with E-state index in [1.807, 2.05) is 10.3 Å². The van der Waals surface area contributed by atoms with Crippen LogP contribution in [-0.2, 0) is 11.3 Å². The summed E-state index contributed by atoms with van der Waals surface area (Å²) in [6, 6.07) is 6.25. The van der Waals surface area contributed by atoms with Crippen molar-refractivity contribution in [3.8, 4) is 11.3 Å². The summed E-state index contributed by atoms with van der Waals surface area (Å²) in [5.41, 5.74) is 1.69. The van der Waals surface area contributed by atoms with E-state index in [-0.39, 0.29) is 31.3 Å². The van der Waals surface area contributed by atoms with Crippen LogP contribution >= 0.6 is 23.7 Å². The third kappa shape index (κ3) is 7.73. The first-order valence-electron chi connectivity index (χ1n) is 10.2. The number of β-amino-alcohol motifs (C(OH)–C–C–N with tert-alkyl or cyclic N) is 2. The van der Waals surface area contributed by atoms with E-state index >= 15 is 0 Å². The van der Waals surface area contributed by atoms with Gasteiger partial charge in [0.25, 0.3) is 0 Å². The quantitative estimate of drug-likeness (QED) is 0.409. The van der Waals surface area contributed by atoms with Crippen molar-refractivity contribution in [1.29, 1.82) is 0 Å². The highest BCUT2D eigenvalue weighted by Crippen LogP contribution is 2.22. The summed E-state index contributed by atoms with van der Waals surface area (Å²) in [7, 11) is 0. The molecular formula is C21H30ClFN2O5S. The Bertz CT molecular complexity index is 765. The molecule has 0 bridgehead atoms. The van der Waals surface area contributed by atoms with E-state index in [1.165, 1.54) is 23.5 Å². The minimum absolute atomic E-state index is 0. The van der Waals surface area contributed by atoms with Gasteiger partial charge in [-0.05, 0) is 50.1 Å². The summed E-state index contributed by atoms with van der Waals surface area (Å²) < 4.78 is 18.7. The average molecular weight is 477 g/mol. The van der Waals surface area contributed by atoms with Crippen LogP contribution in [-0.4, -0.2) is 81.0 Å². The Morgan fingerprint density at radius 3 is 2.29 bits per heavy atom. The number of unbranched alkanes of at least 4 members (excludes halogenated alkanes) is 2. The molecule has 0 aliphatic carbocycles. The minimum Gasteiger partial charge on any atom is -0.389 e. The molecular weight excluding hydrogens is 447 g/mol. The SMILES string of the molecule is Cl.O[C@H]1[C@H](O)[C@@H](O)CN(CCCCCOCc2nc(-c3ccc(F)cc3)cs2)C[C@@H]1O. The van der Waals surface area contributed by atoms with Crippen LogP contribution in [0.1, 0.15) is 24.3 Å². The van der Waals surface area contributed by atoms with Crippen LogP contribution in [0, 0.1) is 5.82 Å². The normalized spacial score (nSPS) is 24.5. The molecule has 2 aromatic rings. The molecule has 4 N–H and O–H groups in total. The van der Waals surface area contributed by atoms with E-state index in [2.05, 4.69) is 4.98 Å². The van der Waals surface area contributed by atoms with Crippen LogP contribution in [0.4, 0.5) is 4.39 Å². The number of halogens is 2. The third-order valence-electron chi connectivity index (χ3n) is 5.21. The second-order valence-corrected chi connectivity index (χ2v) is 8.56. The average Bonchev–Trinajstić information content (AvgIpc) is 3.17. The number of benzene rings is 1. The molecule has 0 amide bonds. The fourth-order valence-electron chi connectivity index (χ4n) is 3.46. The zero-order valence-electron chi connectivity index (χ0n) is 17.1. The highest BCUT2D eigenvalue weighted by Gasteiger charge is 2.35. The van der Waals surface area contributed by atoms with Gasteiger partial charge in [0.05, 0.1) is 24.5 Å². The number of aliphatic hydroxyl groups is 4. The molecule has 31 heavy (non-hydrogen) atoms. The van der Waals surface area contributed by atoms with Gasteiger partial charge in [-0.3, -0.25) is 4.90 Å². The lowest BCUT2D eigenvalue weighted by Crippen LogP contribution is -2.43. The van der Waals surface area contributed by atoms with Gasteiger partial charge in [-0.25, -0.2) is 9.37 Å². The van der Waals surface area contributed by atoms with Gasteiger partial charge in [-0.2, -0.15) is 0 Å². The molecule has 1 fully saturated rings. The summed E-state index contributed by atoms with van der Waals surface area (Å²) in [5, 5.41) is 42.0. The Labute approximate surface area is 191 Å². The van der Waals surface area contributed by atoms with E-state index in [9.17, 15) is 24.8 Å². The maximum Gasteiger partial charge on any atom is 0.123 e. The largest absolute Gasteiger partial charge is 0.389 e. The molecule has 0 radical (unpaired) electrons. The molecule has 1 aliphatic rings. The maximum absolute atomic E-state index is 13.0. The van der Waals surface area contributed by atoms with Gasteiger partial charge in [0, 0.05) is 30.6 Å². The highest BCUT2D eigenvalue weighted by atomic mass is 35.5. The highest BCUT2D eigenvalue weighted by molar-refractivity contribution is 7.09. The van der Waals surface area contributed by atoms with Gasteiger partial charge in [-0.1, -0.05) is 0 Å². The van der Waals surface area contributed by atoms with Gasteiger partial charge in [0.1, 0.15) is 23.0 Å². The number of thiazole rings is 1. The van der Waals surface area contributed by atoms with Crippen molar-refractivity contribution in [3.63, 3.8) is 0 Å². The second kappa shape index (κ2) is 12.8. The predicted octanol–water partition coefficient (Wildman–Crippen LogP) is 1.82. The summed E-state index contributed by atoms with van der Waals surface area (Å²) in [6.45, 7) is 2.17. The van der Waals surface area contributed by atoms with Crippen molar-refractivity contribution in [2.45, 2.75) is 50.3 Å². The Morgan fingerprint density at radius 2 is 1.65 bits per heavy atom. The van der Waals surface area contributed by atoms with E-state index < -0.39 is 24.4 Å². The number of hydrogen-bond acceptors (Lipinski definition) is 8. The van der Waals surface area contributed by atoms with Crippen LogP contribution in [0.15, 0.2) is 29.6 Å². The summed E-state index contributed by atoms with van der Waals surface area (Å²) in [6.07, 6.45) is -2.13. The first-order chi connectivity index (χ1) is 14.4. The monoisotopic (exact) mass is 476 g/mol. The van der Waals surface area contributed by atoms with Crippen molar-refractivity contribution in [1.82, 2.24) is 9.88 Å². The lowest BCUT2D eigenvalue weighted by Gasteiger charge is -2.23. The second-order valence-electron chi connectivity index (χ2n) is 7.62. The van der Waals surface area contributed by atoms with E-state index in [1.54, 1.807) is 12.1 Å². The number of ether oxygens (including phenoxy) is 1. The summed E-state index contributed by atoms with van der Waals surface area (Å²) in [4.78, 5) is 6.38.